The van der Waals surface area contributed by atoms with Crippen LogP contribution < -0.4 is 4.74 Å². The number of para-hydroxylation sites is 1. The van der Waals surface area contributed by atoms with Gasteiger partial charge in [0.05, 0.1) is 0 Å². The molecule has 0 radical (unpaired) electrons. The zero-order valence-electron chi connectivity index (χ0n) is 11.4. The molecule has 0 fully saturated rings. The number of carbonyl (C=O) groups is 1. The third-order valence-corrected chi connectivity index (χ3v) is 3.15. The molecule has 0 amide bonds. The molecule has 23 heavy (non-hydrogen) atoms. The zero-order valence-corrected chi connectivity index (χ0v) is 11.4. The summed E-state index contributed by atoms with van der Waals surface area (Å²) in [7, 11) is 0. The van der Waals surface area contributed by atoms with E-state index >= 15 is 0 Å². The highest BCUT2D eigenvalue weighted by Gasteiger charge is 2.32. The van der Waals surface area contributed by atoms with Gasteiger partial charge in [0.25, 0.3) is 0 Å². The van der Waals surface area contributed by atoms with Crippen LogP contribution in [0, 0.1) is 0 Å². The largest absolute Gasteiger partial charge is 0.573 e. The average Bonchev–Trinajstić information content (AvgIpc) is 2.89. The number of aromatic carboxylic acids is 1. The molecule has 0 aliphatic carbocycles. The Morgan fingerprint density at radius 2 is 1.83 bits per heavy atom. The predicted molar refractivity (Wildman–Crippen MR) is 75.3 cm³/mol. The van der Waals surface area contributed by atoms with E-state index in [9.17, 15) is 18.0 Å². The SMILES string of the molecule is O=C(O)c1cc2ccc(-c3ccccc3OC(F)(F)F)cc2o1. The predicted octanol–water partition coefficient (Wildman–Crippen LogP) is 4.70. The molecule has 0 aliphatic rings. The van der Waals surface area contributed by atoms with Gasteiger partial charge in [-0.25, -0.2) is 4.79 Å². The molecule has 2 aromatic carbocycles. The van der Waals surface area contributed by atoms with Crippen molar-refractivity contribution in [1.29, 1.82) is 0 Å². The first-order valence-electron chi connectivity index (χ1n) is 6.45. The van der Waals surface area contributed by atoms with Crippen LogP contribution in [0.4, 0.5) is 13.2 Å². The van der Waals surface area contributed by atoms with Crippen molar-refractivity contribution in [3.05, 3.63) is 54.3 Å². The summed E-state index contributed by atoms with van der Waals surface area (Å²) in [6, 6.07) is 11.7. The van der Waals surface area contributed by atoms with E-state index in [0.717, 1.165) is 0 Å². The van der Waals surface area contributed by atoms with Crippen LogP contribution in [-0.4, -0.2) is 17.4 Å². The standard InChI is InChI=1S/C16H9F3O4/c17-16(18,19)23-12-4-2-1-3-11(12)9-5-6-10-8-14(15(20)21)22-13(10)7-9/h1-8H,(H,20,21). The molecule has 0 saturated heterocycles. The second-order valence-electron chi connectivity index (χ2n) is 4.71. The molecule has 0 atom stereocenters. The molecule has 4 nitrogen and oxygen atoms in total. The maximum Gasteiger partial charge on any atom is 0.573 e. The lowest BCUT2D eigenvalue weighted by molar-refractivity contribution is -0.274. The Kier molecular flexibility index (Phi) is 3.48. The highest BCUT2D eigenvalue weighted by Crippen LogP contribution is 2.35. The van der Waals surface area contributed by atoms with Crippen molar-refractivity contribution >= 4 is 16.9 Å². The monoisotopic (exact) mass is 322 g/mol. The molecule has 3 aromatic rings. The van der Waals surface area contributed by atoms with E-state index < -0.39 is 12.3 Å². The topological polar surface area (TPSA) is 59.7 Å². The van der Waals surface area contributed by atoms with Crippen molar-refractivity contribution in [2.45, 2.75) is 6.36 Å². The molecule has 0 saturated carbocycles. The summed E-state index contributed by atoms with van der Waals surface area (Å²) in [6.45, 7) is 0. The van der Waals surface area contributed by atoms with Crippen LogP contribution in [0.15, 0.2) is 52.9 Å². The highest BCUT2D eigenvalue weighted by molar-refractivity contribution is 5.93. The second kappa shape index (κ2) is 5.35. The van der Waals surface area contributed by atoms with Gasteiger partial charge in [-0.05, 0) is 23.8 Å². The molecule has 118 valence electrons. The number of hydrogen-bond acceptors (Lipinski definition) is 3. The number of furan rings is 1. The van der Waals surface area contributed by atoms with Gasteiger partial charge in [-0.3, -0.25) is 0 Å². The van der Waals surface area contributed by atoms with Crippen molar-refractivity contribution in [1.82, 2.24) is 0 Å². The first kappa shape index (κ1) is 15.0. The Balaban J connectivity index is 2.08. The third-order valence-electron chi connectivity index (χ3n) is 3.15. The lowest BCUT2D eigenvalue weighted by Crippen LogP contribution is -2.17. The summed E-state index contributed by atoms with van der Waals surface area (Å²) in [5.74, 6) is -1.80. The number of alkyl halides is 3. The number of carboxylic acids is 1. The van der Waals surface area contributed by atoms with Crippen LogP contribution in [0.5, 0.6) is 5.75 Å². The number of hydrogen-bond donors (Lipinski definition) is 1. The van der Waals surface area contributed by atoms with Gasteiger partial charge in [-0.2, -0.15) is 0 Å². The highest BCUT2D eigenvalue weighted by atomic mass is 19.4. The molecule has 3 rings (SSSR count). The zero-order chi connectivity index (χ0) is 16.6. The molecular formula is C16H9F3O4. The van der Waals surface area contributed by atoms with Gasteiger partial charge in [0.1, 0.15) is 11.3 Å². The van der Waals surface area contributed by atoms with Gasteiger partial charge >= 0.3 is 12.3 Å². The molecule has 0 aliphatic heterocycles. The van der Waals surface area contributed by atoms with E-state index in [1.54, 1.807) is 18.2 Å². The van der Waals surface area contributed by atoms with Gasteiger partial charge in [-0.15, -0.1) is 13.2 Å². The van der Waals surface area contributed by atoms with Crippen LogP contribution in [0.3, 0.4) is 0 Å². The molecule has 1 heterocycles. The summed E-state index contributed by atoms with van der Waals surface area (Å²) in [5, 5.41) is 9.45. The number of carboxylic acid groups (broad SMARTS) is 1. The van der Waals surface area contributed by atoms with Crippen molar-refractivity contribution in [2.24, 2.45) is 0 Å². The minimum absolute atomic E-state index is 0.222. The molecule has 0 spiro atoms. The molecule has 0 unspecified atom stereocenters. The normalized spacial score (nSPS) is 11.6. The van der Waals surface area contributed by atoms with E-state index in [4.69, 9.17) is 9.52 Å². The molecule has 7 heteroatoms. The number of fused-ring (bicyclic) bond motifs is 1. The first-order chi connectivity index (χ1) is 10.8. The van der Waals surface area contributed by atoms with Crippen molar-refractivity contribution in [2.75, 3.05) is 0 Å². The van der Waals surface area contributed by atoms with Crippen LogP contribution >= 0.6 is 0 Å². The fraction of sp³-hybridized carbons (Fsp3) is 0.0625. The lowest BCUT2D eigenvalue weighted by Gasteiger charge is -2.13. The summed E-state index contributed by atoms with van der Waals surface area (Å²) >= 11 is 0. The summed E-state index contributed by atoms with van der Waals surface area (Å²) in [6.07, 6.45) is -4.80. The van der Waals surface area contributed by atoms with Crippen molar-refractivity contribution < 1.29 is 32.2 Å². The first-order valence-corrected chi connectivity index (χ1v) is 6.45. The molecular weight excluding hydrogens is 313 g/mol. The Labute approximate surface area is 127 Å². The molecule has 0 bridgehead atoms. The Hall–Kier alpha value is -2.96. The van der Waals surface area contributed by atoms with Crippen molar-refractivity contribution in [3.8, 4) is 16.9 Å². The van der Waals surface area contributed by atoms with Gasteiger partial charge in [0.15, 0.2) is 0 Å². The number of halogens is 3. The van der Waals surface area contributed by atoms with Crippen LogP contribution in [0.2, 0.25) is 0 Å². The minimum atomic E-state index is -4.80. The molecule has 1 N–H and O–H groups in total. The van der Waals surface area contributed by atoms with E-state index in [1.807, 2.05) is 0 Å². The third kappa shape index (κ3) is 3.13. The lowest BCUT2D eigenvalue weighted by atomic mass is 10.0. The number of ether oxygens (including phenoxy) is 1. The van der Waals surface area contributed by atoms with E-state index in [2.05, 4.69) is 4.74 Å². The quantitative estimate of drug-likeness (QED) is 0.759. The maximum atomic E-state index is 12.5. The van der Waals surface area contributed by atoms with Gasteiger partial charge in [0.2, 0.25) is 5.76 Å². The van der Waals surface area contributed by atoms with Gasteiger partial charge in [-0.1, -0.05) is 30.3 Å². The van der Waals surface area contributed by atoms with Gasteiger partial charge in [0, 0.05) is 10.9 Å². The van der Waals surface area contributed by atoms with E-state index in [0.29, 0.717) is 10.9 Å². The Morgan fingerprint density at radius 1 is 1.09 bits per heavy atom. The maximum absolute atomic E-state index is 12.5. The smallest absolute Gasteiger partial charge is 0.475 e. The average molecular weight is 322 g/mol. The Bertz CT molecular complexity index is 880. The van der Waals surface area contributed by atoms with Crippen LogP contribution in [0.25, 0.3) is 22.1 Å². The summed E-state index contributed by atoms with van der Waals surface area (Å²) in [5.41, 5.74) is 0.908. The fourth-order valence-corrected chi connectivity index (χ4v) is 2.22. The van der Waals surface area contributed by atoms with E-state index in [1.165, 1.54) is 30.3 Å². The van der Waals surface area contributed by atoms with Crippen LogP contribution in [-0.2, 0) is 0 Å². The summed E-state index contributed by atoms with van der Waals surface area (Å²) in [4.78, 5) is 10.9. The van der Waals surface area contributed by atoms with Crippen molar-refractivity contribution in [3.63, 3.8) is 0 Å². The second-order valence-corrected chi connectivity index (χ2v) is 4.71. The fourth-order valence-electron chi connectivity index (χ4n) is 2.22. The summed E-state index contributed by atoms with van der Waals surface area (Å²) < 4.78 is 46.6. The number of rotatable bonds is 3. The molecule has 1 aromatic heterocycles. The van der Waals surface area contributed by atoms with Gasteiger partial charge < -0.3 is 14.3 Å². The van der Waals surface area contributed by atoms with E-state index in [-0.39, 0.29) is 22.7 Å². The Morgan fingerprint density at radius 3 is 2.52 bits per heavy atom. The minimum Gasteiger partial charge on any atom is -0.475 e. The van der Waals surface area contributed by atoms with Crippen LogP contribution in [0.1, 0.15) is 10.6 Å². The number of benzene rings is 2.